The molecule has 8 heteroatoms. The van der Waals surface area contributed by atoms with E-state index in [1.54, 1.807) is 6.92 Å². The number of anilines is 1. The van der Waals surface area contributed by atoms with E-state index in [1.807, 2.05) is 0 Å². The Bertz CT molecular complexity index is 849. The summed E-state index contributed by atoms with van der Waals surface area (Å²) in [5.41, 5.74) is 0.818. The average molecular weight is 365 g/mol. The lowest BCUT2D eigenvalue weighted by Gasteiger charge is -2.16. The van der Waals surface area contributed by atoms with Crippen molar-refractivity contribution >= 4 is 23.4 Å². The number of carbonyl (C=O) groups is 1. The van der Waals surface area contributed by atoms with Gasteiger partial charge in [0.2, 0.25) is 5.91 Å². The largest absolute Gasteiger partial charge is 0.320 e. The molecule has 0 fully saturated rings. The maximum absolute atomic E-state index is 13.6. The van der Waals surface area contributed by atoms with E-state index in [-0.39, 0.29) is 5.56 Å². The zero-order chi connectivity index (χ0) is 18.0. The first kappa shape index (κ1) is 17.6. The van der Waals surface area contributed by atoms with E-state index >= 15 is 0 Å². The van der Waals surface area contributed by atoms with Gasteiger partial charge in [0.05, 0.1) is 10.9 Å². The zero-order valence-corrected chi connectivity index (χ0v) is 14.4. The van der Waals surface area contributed by atoms with Crippen LogP contribution in [-0.2, 0) is 17.6 Å². The van der Waals surface area contributed by atoms with Crippen molar-refractivity contribution in [2.24, 2.45) is 0 Å². The number of H-pyrrole nitrogens is 1. The zero-order valence-electron chi connectivity index (χ0n) is 13.6. The first-order chi connectivity index (χ1) is 12.0. The van der Waals surface area contributed by atoms with E-state index in [9.17, 15) is 18.4 Å². The minimum Gasteiger partial charge on any atom is -0.320 e. The minimum absolute atomic E-state index is 0.181. The van der Waals surface area contributed by atoms with Gasteiger partial charge in [-0.05, 0) is 44.7 Å². The fourth-order valence-corrected chi connectivity index (χ4v) is 3.51. The molecular formula is C17H17F2N3O2S. The molecule has 25 heavy (non-hydrogen) atoms. The maximum atomic E-state index is 13.6. The Balaban J connectivity index is 1.74. The van der Waals surface area contributed by atoms with Crippen molar-refractivity contribution in [1.29, 1.82) is 0 Å². The molecule has 0 radical (unpaired) electrons. The van der Waals surface area contributed by atoms with Crippen molar-refractivity contribution in [2.45, 2.75) is 43.0 Å². The summed E-state index contributed by atoms with van der Waals surface area (Å²) in [6.07, 6.45) is 3.41. The second-order valence-corrected chi connectivity index (χ2v) is 7.18. The van der Waals surface area contributed by atoms with Crippen LogP contribution >= 0.6 is 11.8 Å². The number of hydrogen-bond donors (Lipinski definition) is 2. The second kappa shape index (κ2) is 7.35. The Hall–Kier alpha value is -2.22. The van der Waals surface area contributed by atoms with Crippen molar-refractivity contribution in [3.63, 3.8) is 0 Å². The van der Waals surface area contributed by atoms with Crippen LogP contribution in [0.1, 0.15) is 31.0 Å². The normalized spacial score (nSPS) is 14.7. The second-order valence-electron chi connectivity index (χ2n) is 5.85. The van der Waals surface area contributed by atoms with Crippen molar-refractivity contribution in [2.75, 3.05) is 5.32 Å². The number of nitrogens with zero attached hydrogens (tertiary/aromatic N) is 1. The Labute approximate surface area is 147 Å². The molecular weight excluding hydrogens is 348 g/mol. The van der Waals surface area contributed by atoms with Gasteiger partial charge in [-0.25, -0.2) is 13.8 Å². The molecule has 1 unspecified atom stereocenters. The Morgan fingerprint density at radius 3 is 2.68 bits per heavy atom. The number of amides is 1. The number of aromatic amines is 1. The highest BCUT2D eigenvalue weighted by Crippen LogP contribution is 2.24. The van der Waals surface area contributed by atoms with Gasteiger partial charge in [0.15, 0.2) is 5.16 Å². The molecule has 1 heterocycles. The van der Waals surface area contributed by atoms with Crippen molar-refractivity contribution < 1.29 is 13.6 Å². The third-order valence-electron chi connectivity index (χ3n) is 4.04. The SMILES string of the molecule is CC(Sc1nc2c(c(=O)[nH]1)CCCC2)C(=O)Nc1c(F)cccc1F. The van der Waals surface area contributed by atoms with Crippen molar-refractivity contribution in [3.8, 4) is 0 Å². The lowest BCUT2D eigenvalue weighted by atomic mass is 9.97. The van der Waals surface area contributed by atoms with Crippen LogP contribution in [0.25, 0.3) is 0 Å². The summed E-state index contributed by atoms with van der Waals surface area (Å²) in [6, 6.07) is 3.36. The molecule has 1 amide bonds. The highest BCUT2D eigenvalue weighted by Gasteiger charge is 2.21. The number of nitrogens with one attached hydrogen (secondary N) is 2. The van der Waals surface area contributed by atoms with Gasteiger partial charge in [-0.1, -0.05) is 17.8 Å². The summed E-state index contributed by atoms with van der Waals surface area (Å²) in [6.45, 7) is 1.58. The summed E-state index contributed by atoms with van der Waals surface area (Å²) in [4.78, 5) is 31.4. The third-order valence-corrected chi connectivity index (χ3v) is 5.02. The van der Waals surface area contributed by atoms with Gasteiger partial charge in [0, 0.05) is 5.56 Å². The Morgan fingerprint density at radius 1 is 1.28 bits per heavy atom. The molecule has 0 spiro atoms. The van der Waals surface area contributed by atoms with E-state index in [4.69, 9.17) is 0 Å². The quantitative estimate of drug-likeness (QED) is 0.645. The first-order valence-electron chi connectivity index (χ1n) is 7.99. The molecule has 1 aliphatic rings. The molecule has 1 aromatic heterocycles. The number of hydrogen-bond acceptors (Lipinski definition) is 4. The fraction of sp³-hybridized carbons (Fsp3) is 0.353. The standard InChI is InChI=1S/C17H17F2N3O2S/c1-9(15(23)21-14-11(18)6-4-7-12(14)19)25-17-20-13-8-3-2-5-10(13)16(24)22-17/h4,6-7,9H,2-3,5,8H2,1H3,(H,21,23)(H,20,22,24). The van der Waals surface area contributed by atoms with Gasteiger partial charge in [0.1, 0.15) is 17.3 Å². The number of thioether (sulfide) groups is 1. The van der Waals surface area contributed by atoms with Crippen molar-refractivity contribution in [1.82, 2.24) is 9.97 Å². The highest BCUT2D eigenvalue weighted by molar-refractivity contribution is 8.00. The van der Waals surface area contributed by atoms with Crippen LogP contribution in [0.3, 0.4) is 0 Å². The molecule has 0 saturated carbocycles. The van der Waals surface area contributed by atoms with Gasteiger partial charge in [-0.15, -0.1) is 0 Å². The summed E-state index contributed by atoms with van der Waals surface area (Å²) in [5.74, 6) is -2.26. The van der Waals surface area contributed by atoms with Gasteiger partial charge in [0.25, 0.3) is 5.56 Å². The smallest absolute Gasteiger partial charge is 0.254 e. The van der Waals surface area contributed by atoms with Crippen molar-refractivity contribution in [3.05, 3.63) is 51.4 Å². The molecule has 0 saturated heterocycles. The number of aromatic nitrogens is 2. The lowest BCUT2D eigenvalue weighted by Crippen LogP contribution is -2.26. The van der Waals surface area contributed by atoms with Crippen LogP contribution in [0.15, 0.2) is 28.2 Å². The third kappa shape index (κ3) is 3.89. The number of aryl methyl sites for hydroxylation is 1. The summed E-state index contributed by atoms with van der Waals surface area (Å²) >= 11 is 1.05. The molecule has 1 atom stereocenters. The number of fused-ring (bicyclic) bond motifs is 1. The predicted octanol–water partition coefficient (Wildman–Crippen LogP) is 3.05. The number of para-hydroxylation sites is 1. The topological polar surface area (TPSA) is 74.8 Å². The molecule has 2 aromatic rings. The van der Waals surface area contributed by atoms with Gasteiger partial charge < -0.3 is 10.3 Å². The van der Waals surface area contributed by atoms with Crippen LogP contribution in [0.5, 0.6) is 0 Å². The van der Waals surface area contributed by atoms with Gasteiger partial charge in [-0.2, -0.15) is 0 Å². The highest BCUT2D eigenvalue weighted by atomic mass is 32.2. The molecule has 5 nitrogen and oxygen atoms in total. The van der Waals surface area contributed by atoms with E-state index < -0.39 is 28.5 Å². The Morgan fingerprint density at radius 2 is 1.96 bits per heavy atom. The van der Waals surface area contributed by atoms with E-state index in [0.717, 1.165) is 48.9 Å². The first-order valence-corrected chi connectivity index (χ1v) is 8.87. The average Bonchev–Trinajstić information content (AvgIpc) is 2.58. The Kier molecular flexibility index (Phi) is 5.17. The molecule has 0 aliphatic heterocycles. The van der Waals surface area contributed by atoms with Crippen LogP contribution in [0.4, 0.5) is 14.5 Å². The van der Waals surface area contributed by atoms with E-state index in [1.165, 1.54) is 6.07 Å². The molecule has 2 N–H and O–H groups in total. The molecule has 0 bridgehead atoms. The molecule has 1 aliphatic carbocycles. The predicted molar refractivity (Wildman–Crippen MR) is 91.8 cm³/mol. The number of halogens is 2. The summed E-state index contributed by atoms with van der Waals surface area (Å²) in [5, 5.41) is 1.89. The van der Waals surface area contributed by atoms with Crippen LogP contribution in [0, 0.1) is 11.6 Å². The molecule has 132 valence electrons. The van der Waals surface area contributed by atoms with Gasteiger partial charge >= 0.3 is 0 Å². The molecule has 1 aromatic carbocycles. The van der Waals surface area contributed by atoms with Crippen LogP contribution < -0.4 is 10.9 Å². The maximum Gasteiger partial charge on any atom is 0.254 e. The van der Waals surface area contributed by atoms with Crippen LogP contribution in [0.2, 0.25) is 0 Å². The lowest BCUT2D eigenvalue weighted by molar-refractivity contribution is -0.115. The van der Waals surface area contributed by atoms with E-state index in [0.29, 0.717) is 17.1 Å². The monoisotopic (exact) mass is 365 g/mol. The fourth-order valence-electron chi connectivity index (χ4n) is 2.70. The number of carbonyl (C=O) groups excluding carboxylic acids is 1. The molecule has 3 rings (SSSR count). The van der Waals surface area contributed by atoms with E-state index in [2.05, 4.69) is 15.3 Å². The van der Waals surface area contributed by atoms with Gasteiger partial charge in [-0.3, -0.25) is 9.59 Å². The minimum atomic E-state index is -0.842. The summed E-state index contributed by atoms with van der Waals surface area (Å²) < 4.78 is 27.2. The number of rotatable bonds is 4. The summed E-state index contributed by atoms with van der Waals surface area (Å²) in [7, 11) is 0. The van der Waals surface area contributed by atoms with Crippen LogP contribution in [-0.4, -0.2) is 21.1 Å². The number of benzene rings is 1.